The Hall–Kier alpha value is -3.75. The molecule has 0 saturated carbocycles. The Balaban J connectivity index is 1.77. The van der Waals surface area contributed by atoms with Crippen molar-refractivity contribution < 1.29 is 29.0 Å². The Morgan fingerprint density at radius 1 is 1.07 bits per heavy atom. The van der Waals surface area contributed by atoms with Crippen molar-refractivity contribution >= 4 is 17.8 Å². The number of fused-ring (bicyclic) bond motifs is 1. The predicted octanol–water partition coefficient (Wildman–Crippen LogP) is 4.29. The molecule has 0 unspecified atom stereocenters. The fourth-order valence-electron chi connectivity index (χ4n) is 5.16. The van der Waals surface area contributed by atoms with Crippen LogP contribution < -0.4 is 5.32 Å². The zero-order chi connectivity index (χ0) is 29.6. The van der Waals surface area contributed by atoms with Crippen LogP contribution in [0, 0.1) is 5.92 Å². The minimum absolute atomic E-state index is 0.0480. The number of hydrogen-bond donors (Lipinski definition) is 2. The number of amides is 2. The van der Waals surface area contributed by atoms with Gasteiger partial charge in [-0.15, -0.1) is 13.2 Å². The smallest absolute Gasteiger partial charge is 0.306 e. The van der Waals surface area contributed by atoms with E-state index in [1.165, 1.54) is 7.11 Å². The minimum atomic E-state index is -0.784. The van der Waals surface area contributed by atoms with Gasteiger partial charge in [0.2, 0.25) is 11.8 Å². The second-order valence-corrected chi connectivity index (χ2v) is 10.3. The van der Waals surface area contributed by atoms with Crippen molar-refractivity contribution in [2.75, 3.05) is 20.3 Å². The molecule has 3 rings (SSSR count). The summed E-state index contributed by atoms with van der Waals surface area (Å²) in [5.41, 5.74) is 2.88. The molecule has 0 saturated heterocycles. The molecule has 0 radical (unpaired) electrons. The van der Waals surface area contributed by atoms with Crippen molar-refractivity contribution in [3.05, 3.63) is 96.6 Å². The number of unbranched alkanes of at least 4 members (excludes halogenated alkanes) is 1. The third-order valence-electron chi connectivity index (χ3n) is 7.34. The number of rotatable bonds is 16. The van der Waals surface area contributed by atoms with Gasteiger partial charge < -0.3 is 24.8 Å². The number of carbonyl (C=O) groups is 3. The molecule has 8 heteroatoms. The number of esters is 1. The first-order chi connectivity index (χ1) is 19.9. The quantitative estimate of drug-likeness (QED) is 0.180. The van der Waals surface area contributed by atoms with Crippen LogP contribution in [-0.2, 0) is 36.8 Å². The van der Waals surface area contributed by atoms with E-state index in [4.69, 9.17) is 9.47 Å². The molecule has 4 atom stereocenters. The van der Waals surface area contributed by atoms with E-state index in [1.807, 2.05) is 54.6 Å². The summed E-state index contributed by atoms with van der Waals surface area (Å²) in [5, 5.41) is 13.0. The van der Waals surface area contributed by atoms with Gasteiger partial charge in [-0.05, 0) is 42.4 Å². The van der Waals surface area contributed by atoms with E-state index < -0.39 is 18.1 Å². The highest BCUT2D eigenvalue weighted by atomic mass is 16.5. The molecule has 0 bridgehead atoms. The fraction of sp³-hybridized carbons (Fsp3) is 0.424. The van der Waals surface area contributed by atoms with Crippen LogP contribution in [0.1, 0.15) is 54.9 Å². The molecule has 220 valence electrons. The number of benzene rings is 2. The van der Waals surface area contributed by atoms with Crippen molar-refractivity contribution in [1.82, 2.24) is 10.2 Å². The molecule has 0 fully saturated rings. The lowest BCUT2D eigenvalue weighted by Crippen LogP contribution is -2.49. The van der Waals surface area contributed by atoms with E-state index in [1.54, 1.807) is 17.1 Å². The number of aliphatic hydroxyl groups excluding tert-OH is 1. The van der Waals surface area contributed by atoms with E-state index in [2.05, 4.69) is 18.5 Å². The zero-order valence-corrected chi connectivity index (χ0v) is 23.9. The molecule has 41 heavy (non-hydrogen) atoms. The Bertz CT molecular complexity index is 1170. The van der Waals surface area contributed by atoms with E-state index >= 15 is 0 Å². The maximum atomic E-state index is 13.6. The molecule has 2 aromatic rings. The summed E-state index contributed by atoms with van der Waals surface area (Å²) in [5.74, 6) is -1.65. The predicted molar refractivity (Wildman–Crippen MR) is 158 cm³/mol. The first kappa shape index (κ1) is 31.8. The van der Waals surface area contributed by atoms with Crippen LogP contribution in [0.25, 0.3) is 0 Å². The third kappa shape index (κ3) is 9.13. The number of hydrogen-bond acceptors (Lipinski definition) is 6. The average Bonchev–Trinajstić information content (AvgIpc) is 2.99. The summed E-state index contributed by atoms with van der Waals surface area (Å²) < 4.78 is 11.3. The van der Waals surface area contributed by atoms with Gasteiger partial charge in [-0.25, -0.2) is 0 Å². The van der Waals surface area contributed by atoms with E-state index in [0.29, 0.717) is 25.8 Å². The van der Waals surface area contributed by atoms with Crippen molar-refractivity contribution in [1.29, 1.82) is 0 Å². The Morgan fingerprint density at radius 3 is 2.44 bits per heavy atom. The monoisotopic (exact) mass is 562 g/mol. The summed E-state index contributed by atoms with van der Waals surface area (Å²) in [6, 6.07) is 16.1. The molecule has 0 spiro atoms. The topological polar surface area (TPSA) is 105 Å². The third-order valence-corrected chi connectivity index (χ3v) is 7.34. The summed E-state index contributed by atoms with van der Waals surface area (Å²) in [6.45, 7) is 7.79. The van der Waals surface area contributed by atoms with Gasteiger partial charge in [-0.2, -0.15) is 0 Å². The van der Waals surface area contributed by atoms with Gasteiger partial charge in [0.05, 0.1) is 31.2 Å². The molecule has 2 aromatic carbocycles. The second kappa shape index (κ2) is 16.5. The van der Waals surface area contributed by atoms with Crippen LogP contribution in [0.5, 0.6) is 0 Å². The maximum absolute atomic E-state index is 13.6. The highest BCUT2D eigenvalue weighted by molar-refractivity contribution is 5.86. The zero-order valence-electron chi connectivity index (χ0n) is 23.9. The summed E-state index contributed by atoms with van der Waals surface area (Å²) in [6.07, 6.45) is 4.91. The molecule has 2 N–H and O–H groups in total. The molecule has 8 nitrogen and oxygen atoms in total. The number of nitrogens with one attached hydrogen (secondary N) is 1. The van der Waals surface area contributed by atoms with E-state index in [0.717, 1.165) is 16.7 Å². The first-order valence-corrected chi connectivity index (χ1v) is 14.1. The van der Waals surface area contributed by atoms with Gasteiger partial charge >= 0.3 is 5.97 Å². The lowest BCUT2D eigenvalue weighted by Gasteiger charge is -2.37. The number of methoxy groups -OCH3 is 1. The number of allylic oxidation sites excluding steroid dienone is 2. The number of nitrogens with zero attached hydrogens (tertiary/aromatic N) is 1. The van der Waals surface area contributed by atoms with Crippen LogP contribution in [0.3, 0.4) is 0 Å². The molecule has 1 heterocycles. The van der Waals surface area contributed by atoms with Crippen LogP contribution in [0.4, 0.5) is 0 Å². The molecule has 1 aliphatic rings. The SMILES string of the molecule is C=CCCCC(=O)O[C@@H](c1ccccc1)[C@H](COC)NC(=O)[C@H](CC=C)CC(=O)N1Cc2ccccc2C[C@H]1CO. The number of ether oxygens (including phenoxy) is 2. The summed E-state index contributed by atoms with van der Waals surface area (Å²) in [7, 11) is 1.51. The van der Waals surface area contributed by atoms with Crippen LogP contribution in [0.2, 0.25) is 0 Å². The maximum Gasteiger partial charge on any atom is 0.306 e. The summed E-state index contributed by atoms with van der Waals surface area (Å²) >= 11 is 0. The van der Waals surface area contributed by atoms with Gasteiger partial charge in [0.15, 0.2) is 0 Å². The Kier molecular flexibility index (Phi) is 12.8. The Morgan fingerprint density at radius 2 is 1.78 bits per heavy atom. The first-order valence-electron chi connectivity index (χ1n) is 14.1. The van der Waals surface area contributed by atoms with Crippen molar-refractivity contribution in [3.8, 4) is 0 Å². The molecule has 2 amide bonds. The minimum Gasteiger partial charge on any atom is -0.455 e. The second-order valence-electron chi connectivity index (χ2n) is 10.3. The molecule has 1 aliphatic heterocycles. The van der Waals surface area contributed by atoms with Crippen molar-refractivity contribution in [3.63, 3.8) is 0 Å². The largest absolute Gasteiger partial charge is 0.455 e. The lowest BCUT2D eigenvalue weighted by molar-refractivity contribution is -0.153. The van der Waals surface area contributed by atoms with Gasteiger partial charge in [0.1, 0.15) is 6.10 Å². The van der Waals surface area contributed by atoms with Crippen LogP contribution in [0.15, 0.2) is 79.9 Å². The van der Waals surface area contributed by atoms with Crippen molar-refractivity contribution in [2.24, 2.45) is 5.92 Å². The van der Waals surface area contributed by atoms with Gasteiger partial charge in [0, 0.05) is 26.5 Å². The van der Waals surface area contributed by atoms with Crippen LogP contribution >= 0.6 is 0 Å². The van der Waals surface area contributed by atoms with Crippen LogP contribution in [-0.4, -0.2) is 60.2 Å². The highest BCUT2D eigenvalue weighted by Crippen LogP contribution is 2.27. The number of carbonyl (C=O) groups excluding carboxylic acids is 3. The summed E-state index contributed by atoms with van der Waals surface area (Å²) in [4.78, 5) is 41.5. The van der Waals surface area contributed by atoms with Gasteiger partial charge in [-0.3, -0.25) is 14.4 Å². The number of aliphatic hydroxyl groups is 1. The molecular weight excluding hydrogens is 520 g/mol. The van der Waals surface area contributed by atoms with Gasteiger partial charge in [-0.1, -0.05) is 66.7 Å². The standard InChI is InChI=1S/C33H42N2O6/c1-4-6-8-18-31(38)41-32(24-14-9-7-10-15-24)29(23-40-3)34-33(39)26(13-5-2)20-30(37)35-21-27-17-12-11-16-25(27)19-28(35)22-36/h4-5,7,9-12,14-17,26,28-29,32,36H,1-2,6,8,13,18-23H2,3H3,(H,34,39)/t26-,28+,29+,32+/m1/s1. The average molecular weight is 563 g/mol. The van der Waals surface area contributed by atoms with Gasteiger partial charge in [0.25, 0.3) is 0 Å². The van der Waals surface area contributed by atoms with Crippen molar-refractivity contribution in [2.45, 2.75) is 63.3 Å². The molecule has 0 aromatic heterocycles. The van der Waals surface area contributed by atoms with E-state index in [-0.39, 0.29) is 56.3 Å². The normalized spacial score (nSPS) is 16.5. The molecule has 0 aliphatic carbocycles. The molecular formula is C33H42N2O6. The Labute approximate surface area is 243 Å². The van der Waals surface area contributed by atoms with E-state index in [9.17, 15) is 19.5 Å². The highest BCUT2D eigenvalue weighted by Gasteiger charge is 2.34. The lowest BCUT2D eigenvalue weighted by atomic mass is 9.92. The fourth-order valence-corrected chi connectivity index (χ4v) is 5.16.